The second-order valence-corrected chi connectivity index (χ2v) is 9.41. The lowest BCUT2D eigenvalue weighted by molar-refractivity contribution is -0.122. The molecule has 0 aromatic rings. The molecule has 4 rings (SSSR count). The van der Waals surface area contributed by atoms with Crippen molar-refractivity contribution in [3.05, 3.63) is 0 Å². The molecule has 3 N–H and O–H groups in total. The number of aliphatic hydroxyl groups is 1. The van der Waals surface area contributed by atoms with Crippen LogP contribution in [-0.2, 0) is 0 Å². The molecule has 126 valence electrons. The summed E-state index contributed by atoms with van der Waals surface area (Å²) in [4.78, 5) is 0. The third-order valence-corrected chi connectivity index (χ3v) is 8.71. The monoisotopic (exact) mass is 309 g/mol. The van der Waals surface area contributed by atoms with E-state index in [0.29, 0.717) is 29.6 Å². The minimum absolute atomic E-state index is 0.0258. The highest BCUT2D eigenvalue weighted by atomic mass is 19.1. The molecule has 2 nitrogen and oxygen atoms in total. The van der Waals surface area contributed by atoms with Gasteiger partial charge in [-0.3, -0.25) is 0 Å². The molecular weight excluding hydrogens is 277 g/mol. The van der Waals surface area contributed by atoms with Gasteiger partial charge in [-0.2, -0.15) is 0 Å². The van der Waals surface area contributed by atoms with Crippen LogP contribution in [0.3, 0.4) is 0 Å². The average Bonchev–Trinajstić information content (AvgIpc) is 2.72. The van der Waals surface area contributed by atoms with Crippen molar-refractivity contribution in [2.75, 3.05) is 0 Å². The number of hydrogen-bond donors (Lipinski definition) is 2. The van der Waals surface area contributed by atoms with E-state index in [9.17, 15) is 9.50 Å². The van der Waals surface area contributed by atoms with Crippen LogP contribution in [0, 0.1) is 34.5 Å². The minimum atomic E-state index is -0.799. The van der Waals surface area contributed by atoms with E-state index in [1.807, 2.05) is 0 Å². The van der Waals surface area contributed by atoms with Crippen LogP contribution in [0.2, 0.25) is 0 Å². The molecule has 22 heavy (non-hydrogen) atoms. The number of fused-ring (bicyclic) bond motifs is 5. The fourth-order valence-electron chi connectivity index (χ4n) is 7.24. The third kappa shape index (κ3) is 1.90. The fourth-order valence-corrected chi connectivity index (χ4v) is 7.24. The molecule has 0 heterocycles. The van der Waals surface area contributed by atoms with E-state index < -0.39 is 6.17 Å². The van der Waals surface area contributed by atoms with Gasteiger partial charge >= 0.3 is 0 Å². The molecule has 9 atom stereocenters. The van der Waals surface area contributed by atoms with Crippen molar-refractivity contribution in [1.29, 1.82) is 0 Å². The number of aliphatic hydroxyl groups excluding tert-OH is 1. The molecular formula is C19H32FNO. The van der Waals surface area contributed by atoms with E-state index in [1.165, 1.54) is 19.3 Å². The Hall–Kier alpha value is -0.150. The Labute approximate surface area is 134 Å². The van der Waals surface area contributed by atoms with E-state index in [-0.39, 0.29) is 17.6 Å². The molecule has 0 spiro atoms. The average molecular weight is 309 g/mol. The van der Waals surface area contributed by atoms with Gasteiger partial charge in [-0.15, -0.1) is 0 Å². The Morgan fingerprint density at radius 3 is 2.45 bits per heavy atom. The normalized spacial score (nSPS) is 61.2. The molecule has 0 aromatic heterocycles. The Bertz CT molecular complexity index is 457. The lowest BCUT2D eigenvalue weighted by Crippen LogP contribution is -2.55. The first-order valence-corrected chi connectivity index (χ1v) is 9.44. The Morgan fingerprint density at radius 1 is 0.955 bits per heavy atom. The van der Waals surface area contributed by atoms with Gasteiger partial charge < -0.3 is 10.8 Å². The van der Waals surface area contributed by atoms with Gasteiger partial charge in [0.2, 0.25) is 0 Å². The summed E-state index contributed by atoms with van der Waals surface area (Å²) in [6.45, 7) is 4.74. The lowest BCUT2D eigenvalue weighted by atomic mass is 9.45. The number of nitrogens with two attached hydrogens (primary N) is 1. The zero-order chi connectivity index (χ0) is 15.7. The van der Waals surface area contributed by atoms with Crippen LogP contribution < -0.4 is 5.73 Å². The summed E-state index contributed by atoms with van der Waals surface area (Å²) in [5, 5.41) is 10.1. The quantitative estimate of drug-likeness (QED) is 0.717. The molecule has 0 aromatic carbocycles. The zero-order valence-corrected chi connectivity index (χ0v) is 14.1. The molecule has 0 radical (unpaired) electrons. The van der Waals surface area contributed by atoms with E-state index in [0.717, 1.165) is 31.6 Å². The van der Waals surface area contributed by atoms with Crippen LogP contribution in [0.15, 0.2) is 0 Å². The SMILES string of the molecule is C[C@]12CC[C@H]3[C@@H](CCC4C[C@@H](O)CC[C@@]43C)[C@@H]1C[C@@H](F)[C@@H]2N. The van der Waals surface area contributed by atoms with Crippen molar-refractivity contribution in [3.8, 4) is 0 Å². The first-order chi connectivity index (χ1) is 10.4. The molecule has 4 saturated carbocycles. The molecule has 0 aliphatic heterocycles. The Kier molecular flexibility index (Phi) is 3.44. The predicted octanol–water partition coefficient (Wildman–Crippen LogP) is 3.67. The van der Waals surface area contributed by atoms with Crippen molar-refractivity contribution in [1.82, 2.24) is 0 Å². The first kappa shape index (κ1) is 15.4. The van der Waals surface area contributed by atoms with Crippen LogP contribution in [0.4, 0.5) is 4.39 Å². The van der Waals surface area contributed by atoms with Gasteiger partial charge in [-0.05, 0) is 85.9 Å². The summed E-state index contributed by atoms with van der Waals surface area (Å²) in [5.74, 6) is 2.57. The molecule has 4 fully saturated rings. The van der Waals surface area contributed by atoms with E-state index in [1.54, 1.807) is 0 Å². The molecule has 1 unspecified atom stereocenters. The van der Waals surface area contributed by atoms with Gasteiger partial charge in [0.05, 0.1) is 6.10 Å². The second-order valence-electron chi connectivity index (χ2n) is 9.41. The fraction of sp³-hybridized carbons (Fsp3) is 1.00. The zero-order valence-electron chi connectivity index (χ0n) is 14.1. The second kappa shape index (κ2) is 4.92. The summed E-state index contributed by atoms with van der Waals surface area (Å²) in [5.41, 5.74) is 6.67. The van der Waals surface area contributed by atoms with Gasteiger partial charge in [-0.1, -0.05) is 13.8 Å². The first-order valence-electron chi connectivity index (χ1n) is 9.44. The van der Waals surface area contributed by atoms with Gasteiger partial charge in [0.1, 0.15) is 6.17 Å². The number of rotatable bonds is 0. The molecule has 4 aliphatic rings. The number of hydrogen-bond acceptors (Lipinski definition) is 2. The van der Waals surface area contributed by atoms with Gasteiger partial charge in [0.25, 0.3) is 0 Å². The third-order valence-electron chi connectivity index (χ3n) is 8.71. The van der Waals surface area contributed by atoms with Crippen LogP contribution in [0.5, 0.6) is 0 Å². The number of halogens is 1. The number of alkyl halides is 1. The highest BCUT2D eigenvalue weighted by Crippen LogP contribution is 2.66. The molecule has 4 aliphatic carbocycles. The van der Waals surface area contributed by atoms with E-state index in [4.69, 9.17) is 5.73 Å². The van der Waals surface area contributed by atoms with Crippen LogP contribution in [0.25, 0.3) is 0 Å². The maximum Gasteiger partial charge on any atom is 0.116 e. The molecule has 3 heteroatoms. The highest BCUT2D eigenvalue weighted by molar-refractivity contribution is 5.12. The predicted molar refractivity (Wildman–Crippen MR) is 86.0 cm³/mol. The summed E-state index contributed by atoms with van der Waals surface area (Å²) in [6, 6.07) is -0.253. The van der Waals surface area contributed by atoms with Crippen molar-refractivity contribution in [2.45, 2.75) is 83.5 Å². The minimum Gasteiger partial charge on any atom is -0.393 e. The van der Waals surface area contributed by atoms with Crippen molar-refractivity contribution < 1.29 is 9.50 Å². The van der Waals surface area contributed by atoms with Crippen molar-refractivity contribution >= 4 is 0 Å². The largest absolute Gasteiger partial charge is 0.393 e. The maximum atomic E-state index is 14.3. The topological polar surface area (TPSA) is 46.2 Å². The van der Waals surface area contributed by atoms with Crippen molar-refractivity contribution in [2.24, 2.45) is 40.2 Å². The molecule has 0 saturated heterocycles. The summed E-state index contributed by atoms with van der Waals surface area (Å²) in [7, 11) is 0. The molecule has 0 amide bonds. The van der Waals surface area contributed by atoms with Crippen LogP contribution in [-0.4, -0.2) is 23.4 Å². The smallest absolute Gasteiger partial charge is 0.116 e. The summed E-state index contributed by atoms with van der Waals surface area (Å²) in [6.07, 6.45) is 7.72. The van der Waals surface area contributed by atoms with Crippen LogP contribution >= 0.6 is 0 Å². The Balaban J connectivity index is 1.63. The van der Waals surface area contributed by atoms with Gasteiger partial charge in [-0.25, -0.2) is 4.39 Å². The lowest BCUT2D eigenvalue weighted by Gasteiger charge is -2.60. The van der Waals surface area contributed by atoms with Crippen molar-refractivity contribution in [3.63, 3.8) is 0 Å². The van der Waals surface area contributed by atoms with Crippen LogP contribution in [0.1, 0.15) is 65.2 Å². The summed E-state index contributed by atoms with van der Waals surface area (Å²) < 4.78 is 14.3. The standard InChI is InChI=1S/C19H32FNO/c1-18-7-5-12(22)9-11(18)3-4-13-14(18)6-8-19(2)15(13)10-16(20)17(19)21/h11-17,22H,3-10,21H2,1-2H3/t11?,12-,13+,14-,15-,16+,17-,18-,19-/m0/s1. The van der Waals surface area contributed by atoms with E-state index >= 15 is 0 Å². The van der Waals surface area contributed by atoms with E-state index in [2.05, 4.69) is 13.8 Å². The Morgan fingerprint density at radius 2 is 1.68 bits per heavy atom. The summed E-state index contributed by atoms with van der Waals surface area (Å²) >= 11 is 0. The highest BCUT2D eigenvalue weighted by Gasteiger charge is 2.61. The van der Waals surface area contributed by atoms with Gasteiger partial charge in [0.15, 0.2) is 0 Å². The van der Waals surface area contributed by atoms with Gasteiger partial charge in [0, 0.05) is 6.04 Å². The molecule has 0 bridgehead atoms. The maximum absolute atomic E-state index is 14.3.